The van der Waals surface area contributed by atoms with E-state index in [1.165, 1.54) is 6.42 Å². The minimum atomic E-state index is 0.331. The fraction of sp³-hybridized carbons (Fsp3) is 0.700. The van der Waals surface area contributed by atoms with Crippen molar-refractivity contribution in [2.24, 2.45) is 5.92 Å². The number of hydrogen-bond donors (Lipinski definition) is 0. The van der Waals surface area contributed by atoms with Crippen LogP contribution in [0.4, 0.5) is 0 Å². The molecule has 0 radical (unpaired) electrons. The van der Waals surface area contributed by atoms with E-state index in [1.54, 1.807) is 6.26 Å². The molecular formula is C10H14O2. The van der Waals surface area contributed by atoms with Crippen molar-refractivity contribution in [1.29, 1.82) is 0 Å². The number of allylic oxidation sites excluding steroid dienone is 1. The van der Waals surface area contributed by atoms with Crippen LogP contribution in [-0.4, -0.2) is 12.4 Å². The van der Waals surface area contributed by atoms with Gasteiger partial charge in [-0.05, 0) is 25.7 Å². The normalized spacial score (nSPS) is 23.8. The highest BCUT2D eigenvalue weighted by atomic mass is 16.5. The summed E-state index contributed by atoms with van der Waals surface area (Å²) in [5.74, 6) is 0.680. The van der Waals surface area contributed by atoms with Gasteiger partial charge in [-0.3, -0.25) is 4.79 Å². The van der Waals surface area contributed by atoms with Gasteiger partial charge in [0.2, 0.25) is 0 Å². The van der Waals surface area contributed by atoms with Crippen LogP contribution in [0.2, 0.25) is 0 Å². The summed E-state index contributed by atoms with van der Waals surface area (Å²) in [5.41, 5.74) is 0.922. The second-order valence-electron chi connectivity index (χ2n) is 3.61. The van der Waals surface area contributed by atoms with Crippen LogP contribution >= 0.6 is 0 Å². The van der Waals surface area contributed by atoms with E-state index >= 15 is 0 Å². The van der Waals surface area contributed by atoms with Crippen molar-refractivity contribution in [2.75, 3.05) is 6.61 Å². The van der Waals surface area contributed by atoms with Gasteiger partial charge in [0.05, 0.1) is 12.9 Å². The quantitative estimate of drug-likeness (QED) is 0.627. The molecule has 0 aromatic carbocycles. The Labute approximate surface area is 72.6 Å². The summed E-state index contributed by atoms with van der Waals surface area (Å²) in [6.45, 7) is 0.779. The number of carbonyl (C=O) groups excluding carboxylic acids is 1. The molecular weight excluding hydrogens is 152 g/mol. The van der Waals surface area contributed by atoms with E-state index in [0.29, 0.717) is 11.7 Å². The summed E-state index contributed by atoms with van der Waals surface area (Å²) in [6.07, 6.45) is 7.01. The fourth-order valence-electron chi connectivity index (χ4n) is 1.68. The lowest BCUT2D eigenvalue weighted by Gasteiger charge is -2.25. The van der Waals surface area contributed by atoms with Crippen molar-refractivity contribution >= 4 is 5.78 Å². The third kappa shape index (κ3) is 1.38. The predicted molar refractivity (Wildman–Crippen MR) is 45.6 cm³/mol. The molecule has 1 saturated carbocycles. The molecule has 0 amide bonds. The number of Topliss-reactive ketones (excluding diaryl/α,β-unsaturated/α-hetero) is 1. The maximum Gasteiger partial charge on any atom is 0.164 e. The van der Waals surface area contributed by atoms with Crippen LogP contribution < -0.4 is 0 Å². The third-order valence-corrected chi connectivity index (χ3v) is 2.73. The van der Waals surface area contributed by atoms with Crippen molar-refractivity contribution in [1.82, 2.24) is 0 Å². The zero-order valence-corrected chi connectivity index (χ0v) is 7.21. The molecule has 1 aliphatic heterocycles. The molecule has 0 bridgehead atoms. The fourth-order valence-corrected chi connectivity index (χ4v) is 1.68. The van der Waals surface area contributed by atoms with E-state index in [2.05, 4.69) is 0 Å². The molecule has 0 unspecified atom stereocenters. The second kappa shape index (κ2) is 3.30. The van der Waals surface area contributed by atoms with E-state index in [4.69, 9.17) is 4.74 Å². The molecule has 0 aromatic rings. The third-order valence-electron chi connectivity index (χ3n) is 2.73. The molecule has 66 valence electrons. The molecule has 2 aliphatic rings. The smallest absolute Gasteiger partial charge is 0.164 e. The van der Waals surface area contributed by atoms with Gasteiger partial charge in [0, 0.05) is 11.5 Å². The maximum absolute atomic E-state index is 11.6. The van der Waals surface area contributed by atoms with Gasteiger partial charge >= 0.3 is 0 Å². The van der Waals surface area contributed by atoms with Crippen LogP contribution in [0.1, 0.15) is 32.1 Å². The predicted octanol–water partition coefficient (Wildman–Crippen LogP) is 2.05. The number of ketones is 1. The minimum absolute atomic E-state index is 0.331. The molecule has 0 spiro atoms. The van der Waals surface area contributed by atoms with Crippen LogP contribution in [0.15, 0.2) is 11.8 Å². The first-order valence-corrected chi connectivity index (χ1v) is 4.73. The van der Waals surface area contributed by atoms with E-state index in [0.717, 1.165) is 37.9 Å². The summed E-state index contributed by atoms with van der Waals surface area (Å²) in [4.78, 5) is 11.6. The van der Waals surface area contributed by atoms with Crippen LogP contribution in [0.5, 0.6) is 0 Å². The summed E-state index contributed by atoms with van der Waals surface area (Å²) >= 11 is 0. The van der Waals surface area contributed by atoms with Gasteiger partial charge < -0.3 is 4.74 Å². The summed E-state index contributed by atoms with van der Waals surface area (Å²) in [6, 6.07) is 0. The molecule has 0 saturated heterocycles. The number of rotatable bonds is 2. The highest BCUT2D eigenvalue weighted by Crippen LogP contribution is 2.31. The standard InChI is InChI=1S/C10H14O2/c11-10(8-3-1-4-8)9-5-2-6-12-7-9/h7-8H,1-6H2. The van der Waals surface area contributed by atoms with Crippen LogP contribution in [0, 0.1) is 5.92 Å². The van der Waals surface area contributed by atoms with Crippen LogP contribution in [0.3, 0.4) is 0 Å². The highest BCUT2D eigenvalue weighted by molar-refractivity contribution is 5.97. The first-order valence-electron chi connectivity index (χ1n) is 4.73. The summed E-state index contributed by atoms with van der Waals surface area (Å²) in [7, 11) is 0. The van der Waals surface area contributed by atoms with E-state index < -0.39 is 0 Å². The van der Waals surface area contributed by atoms with Crippen LogP contribution in [0.25, 0.3) is 0 Å². The lowest BCUT2D eigenvalue weighted by atomic mass is 9.79. The second-order valence-corrected chi connectivity index (χ2v) is 3.61. The lowest BCUT2D eigenvalue weighted by molar-refractivity contribution is -0.121. The lowest BCUT2D eigenvalue weighted by Crippen LogP contribution is -2.24. The molecule has 12 heavy (non-hydrogen) atoms. The van der Waals surface area contributed by atoms with Crippen molar-refractivity contribution < 1.29 is 9.53 Å². The average Bonchev–Trinajstić information content (AvgIpc) is 2.03. The van der Waals surface area contributed by atoms with Gasteiger partial charge in [0.1, 0.15) is 0 Å². The molecule has 0 N–H and O–H groups in total. The molecule has 0 atom stereocenters. The Kier molecular flexibility index (Phi) is 2.15. The average molecular weight is 166 g/mol. The first-order chi connectivity index (χ1) is 5.88. The van der Waals surface area contributed by atoms with E-state index in [1.807, 2.05) is 0 Å². The topological polar surface area (TPSA) is 26.3 Å². The molecule has 0 aromatic heterocycles. The van der Waals surface area contributed by atoms with Gasteiger partial charge in [-0.25, -0.2) is 0 Å². The minimum Gasteiger partial charge on any atom is -0.501 e. The number of hydrogen-bond acceptors (Lipinski definition) is 2. The van der Waals surface area contributed by atoms with Gasteiger partial charge in [-0.2, -0.15) is 0 Å². The highest BCUT2D eigenvalue weighted by Gasteiger charge is 2.28. The van der Waals surface area contributed by atoms with Gasteiger partial charge in [-0.1, -0.05) is 6.42 Å². The van der Waals surface area contributed by atoms with Gasteiger partial charge in [0.15, 0.2) is 5.78 Å². The molecule has 2 heteroatoms. The Morgan fingerprint density at radius 3 is 2.75 bits per heavy atom. The van der Waals surface area contributed by atoms with Crippen LogP contribution in [-0.2, 0) is 9.53 Å². The maximum atomic E-state index is 11.6. The Hall–Kier alpha value is -0.790. The zero-order valence-electron chi connectivity index (χ0n) is 7.21. The summed E-state index contributed by atoms with van der Waals surface area (Å²) < 4.78 is 5.14. The first kappa shape index (κ1) is 7.84. The molecule has 1 heterocycles. The van der Waals surface area contributed by atoms with Crippen molar-refractivity contribution in [2.45, 2.75) is 32.1 Å². The van der Waals surface area contributed by atoms with Gasteiger partial charge in [0.25, 0.3) is 0 Å². The number of carbonyl (C=O) groups is 1. The molecule has 1 fully saturated rings. The SMILES string of the molecule is O=C(C1=COCCC1)C1CCC1. The van der Waals surface area contributed by atoms with E-state index in [9.17, 15) is 4.79 Å². The Balaban J connectivity index is 1.97. The Bertz CT molecular complexity index is 214. The zero-order chi connectivity index (χ0) is 8.39. The monoisotopic (exact) mass is 166 g/mol. The largest absolute Gasteiger partial charge is 0.501 e. The Morgan fingerprint density at radius 2 is 2.25 bits per heavy atom. The van der Waals surface area contributed by atoms with Crippen molar-refractivity contribution in [3.8, 4) is 0 Å². The summed E-state index contributed by atoms with van der Waals surface area (Å²) in [5, 5.41) is 0. The van der Waals surface area contributed by atoms with Gasteiger partial charge in [-0.15, -0.1) is 0 Å². The Morgan fingerprint density at radius 1 is 1.42 bits per heavy atom. The number of ether oxygens (including phenoxy) is 1. The molecule has 2 nitrogen and oxygen atoms in total. The molecule has 2 rings (SSSR count). The van der Waals surface area contributed by atoms with Crippen molar-refractivity contribution in [3.63, 3.8) is 0 Å². The van der Waals surface area contributed by atoms with E-state index in [-0.39, 0.29) is 0 Å². The van der Waals surface area contributed by atoms with Crippen molar-refractivity contribution in [3.05, 3.63) is 11.8 Å². The molecule has 1 aliphatic carbocycles.